The summed E-state index contributed by atoms with van der Waals surface area (Å²) >= 11 is 6.14. The maximum absolute atomic E-state index is 8.76. The van der Waals surface area contributed by atoms with E-state index in [1.54, 1.807) is 12.1 Å². The molecule has 2 nitrogen and oxygen atoms in total. The van der Waals surface area contributed by atoms with Gasteiger partial charge in [-0.1, -0.05) is 37.9 Å². The first-order chi connectivity index (χ1) is 8.19. The number of hydrogen-bond donors (Lipinski definition) is 0. The molecular formula is C14H18ClNO. The molecule has 0 saturated carbocycles. The normalized spacial score (nSPS) is 12.1. The molecule has 0 spiro atoms. The molecule has 1 aromatic rings. The van der Waals surface area contributed by atoms with Gasteiger partial charge in [-0.25, -0.2) is 0 Å². The second-order valence-electron chi connectivity index (χ2n) is 4.18. The number of unbranched alkanes of at least 4 members (excludes halogenated alkanes) is 1. The molecule has 0 aliphatic rings. The van der Waals surface area contributed by atoms with Crippen molar-refractivity contribution in [2.45, 2.75) is 32.6 Å². The Balaban J connectivity index is 2.57. The highest BCUT2D eigenvalue weighted by Crippen LogP contribution is 2.25. The maximum atomic E-state index is 8.76. The zero-order chi connectivity index (χ0) is 12.7. The lowest BCUT2D eigenvalue weighted by Crippen LogP contribution is -2.06. The van der Waals surface area contributed by atoms with E-state index in [0.29, 0.717) is 17.2 Å². The molecule has 17 heavy (non-hydrogen) atoms. The van der Waals surface area contributed by atoms with E-state index in [1.165, 1.54) is 0 Å². The summed E-state index contributed by atoms with van der Waals surface area (Å²) in [7, 11) is 0. The Bertz CT molecular complexity index is 398. The third-order valence-corrected chi connectivity index (χ3v) is 3.00. The van der Waals surface area contributed by atoms with Crippen LogP contribution >= 0.6 is 11.6 Å². The van der Waals surface area contributed by atoms with Crippen LogP contribution in [0.25, 0.3) is 0 Å². The van der Waals surface area contributed by atoms with Crippen LogP contribution in [0.3, 0.4) is 0 Å². The van der Waals surface area contributed by atoms with Gasteiger partial charge in [0.15, 0.2) is 0 Å². The molecule has 1 atom stereocenters. The maximum Gasteiger partial charge on any atom is 0.0992 e. The van der Waals surface area contributed by atoms with Gasteiger partial charge in [0.1, 0.15) is 0 Å². The lowest BCUT2D eigenvalue weighted by Gasteiger charge is -2.14. The second kappa shape index (κ2) is 7.32. The van der Waals surface area contributed by atoms with Crippen LogP contribution in [0.15, 0.2) is 18.2 Å². The average molecular weight is 252 g/mol. The number of hydrogen-bond acceptors (Lipinski definition) is 2. The van der Waals surface area contributed by atoms with Crippen LogP contribution in [0.5, 0.6) is 0 Å². The van der Waals surface area contributed by atoms with Gasteiger partial charge in [-0.2, -0.15) is 5.26 Å². The van der Waals surface area contributed by atoms with Crippen molar-refractivity contribution in [1.29, 1.82) is 5.26 Å². The standard InChI is InChI=1S/C14H18ClNO/c1-3-4-7-17-10-11(2)13-6-5-12(9-16)8-14(13)15/h5-6,8,11H,3-4,7,10H2,1-2H3. The van der Waals surface area contributed by atoms with Gasteiger partial charge in [0.05, 0.1) is 18.2 Å². The molecule has 0 aromatic heterocycles. The van der Waals surface area contributed by atoms with Crippen molar-refractivity contribution in [3.8, 4) is 6.07 Å². The van der Waals surface area contributed by atoms with Crippen LogP contribution < -0.4 is 0 Å². The third-order valence-electron chi connectivity index (χ3n) is 2.67. The van der Waals surface area contributed by atoms with E-state index >= 15 is 0 Å². The minimum absolute atomic E-state index is 0.257. The Hall–Kier alpha value is -1.04. The average Bonchev–Trinajstić information content (AvgIpc) is 2.34. The second-order valence-corrected chi connectivity index (χ2v) is 4.58. The van der Waals surface area contributed by atoms with Gasteiger partial charge < -0.3 is 4.74 Å². The van der Waals surface area contributed by atoms with Gasteiger partial charge in [0.2, 0.25) is 0 Å². The molecule has 0 radical (unpaired) electrons. The molecule has 3 heteroatoms. The topological polar surface area (TPSA) is 33.0 Å². The summed E-state index contributed by atoms with van der Waals surface area (Å²) in [4.78, 5) is 0. The summed E-state index contributed by atoms with van der Waals surface area (Å²) in [6, 6.07) is 7.49. The first kappa shape index (κ1) is 14.0. The van der Waals surface area contributed by atoms with E-state index in [2.05, 4.69) is 19.9 Å². The summed E-state index contributed by atoms with van der Waals surface area (Å²) in [6.07, 6.45) is 2.24. The zero-order valence-corrected chi connectivity index (χ0v) is 11.1. The van der Waals surface area contributed by atoms with Crippen molar-refractivity contribution in [2.24, 2.45) is 0 Å². The highest BCUT2D eigenvalue weighted by molar-refractivity contribution is 6.31. The molecule has 0 amide bonds. The number of ether oxygens (including phenoxy) is 1. The zero-order valence-electron chi connectivity index (χ0n) is 10.4. The monoisotopic (exact) mass is 251 g/mol. The number of halogens is 1. The lowest BCUT2D eigenvalue weighted by atomic mass is 10.0. The summed E-state index contributed by atoms with van der Waals surface area (Å²) in [5, 5.41) is 9.41. The fourth-order valence-corrected chi connectivity index (χ4v) is 1.96. The molecule has 0 saturated heterocycles. The van der Waals surface area contributed by atoms with E-state index in [9.17, 15) is 0 Å². The third kappa shape index (κ3) is 4.38. The Morgan fingerprint density at radius 3 is 2.82 bits per heavy atom. The van der Waals surface area contributed by atoms with E-state index < -0.39 is 0 Å². The molecule has 92 valence electrons. The molecular weight excluding hydrogens is 234 g/mol. The minimum atomic E-state index is 0.257. The summed E-state index contributed by atoms with van der Waals surface area (Å²) < 4.78 is 5.58. The predicted molar refractivity (Wildman–Crippen MR) is 70.3 cm³/mol. The van der Waals surface area contributed by atoms with Gasteiger partial charge in [-0.3, -0.25) is 0 Å². The predicted octanol–water partition coefficient (Wildman–Crippen LogP) is 4.13. The SMILES string of the molecule is CCCCOCC(C)c1ccc(C#N)cc1Cl. The minimum Gasteiger partial charge on any atom is -0.381 e. The number of nitriles is 1. The van der Waals surface area contributed by atoms with Crippen LogP contribution in [-0.2, 0) is 4.74 Å². The summed E-state index contributed by atoms with van der Waals surface area (Å²) in [5.74, 6) is 0.257. The quantitative estimate of drug-likeness (QED) is 0.712. The van der Waals surface area contributed by atoms with Crippen molar-refractivity contribution in [2.75, 3.05) is 13.2 Å². The van der Waals surface area contributed by atoms with Crippen molar-refractivity contribution < 1.29 is 4.74 Å². The molecule has 0 N–H and O–H groups in total. The first-order valence-corrected chi connectivity index (χ1v) is 6.34. The van der Waals surface area contributed by atoms with E-state index in [0.717, 1.165) is 25.0 Å². The Labute approximate surface area is 108 Å². The largest absolute Gasteiger partial charge is 0.381 e. The van der Waals surface area contributed by atoms with E-state index in [-0.39, 0.29) is 5.92 Å². The number of benzene rings is 1. The first-order valence-electron chi connectivity index (χ1n) is 5.96. The molecule has 1 aromatic carbocycles. The van der Waals surface area contributed by atoms with E-state index in [4.69, 9.17) is 21.6 Å². The van der Waals surface area contributed by atoms with Crippen LogP contribution in [0.4, 0.5) is 0 Å². The smallest absolute Gasteiger partial charge is 0.0992 e. The molecule has 0 bridgehead atoms. The highest BCUT2D eigenvalue weighted by atomic mass is 35.5. The summed E-state index contributed by atoms with van der Waals surface area (Å²) in [5.41, 5.74) is 1.64. The Morgan fingerprint density at radius 1 is 1.47 bits per heavy atom. The van der Waals surface area contributed by atoms with Gasteiger partial charge in [0, 0.05) is 17.5 Å². The Morgan fingerprint density at radius 2 is 2.24 bits per heavy atom. The molecule has 0 aliphatic heterocycles. The lowest BCUT2D eigenvalue weighted by molar-refractivity contribution is 0.121. The molecule has 0 aliphatic carbocycles. The van der Waals surface area contributed by atoms with Gasteiger partial charge in [-0.05, 0) is 24.1 Å². The summed E-state index contributed by atoms with van der Waals surface area (Å²) in [6.45, 7) is 5.70. The van der Waals surface area contributed by atoms with Gasteiger partial charge >= 0.3 is 0 Å². The van der Waals surface area contributed by atoms with Crippen molar-refractivity contribution >= 4 is 11.6 Å². The number of rotatable bonds is 6. The van der Waals surface area contributed by atoms with Crippen molar-refractivity contribution in [1.82, 2.24) is 0 Å². The van der Waals surface area contributed by atoms with Crippen LogP contribution in [0.1, 0.15) is 43.7 Å². The number of nitrogens with zero attached hydrogens (tertiary/aromatic N) is 1. The van der Waals surface area contributed by atoms with Crippen LogP contribution in [-0.4, -0.2) is 13.2 Å². The van der Waals surface area contributed by atoms with Crippen LogP contribution in [0.2, 0.25) is 5.02 Å². The molecule has 0 heterocycles. The highest BCUT2D eigenvalue weighted by Gasteiger charge is 2.10. The van der Waals surface area contributed by atoms with Crippen molar-refractivity contribution in [3.63, 3.8) is 0 Å². The fraction of sp³-hybridized carbons (Fsp3) is 0.500. The van der Waals surface area contributed by atoms with Gasteiger partial charge in [-0.15, -0.1) is 0 Å². The van der Waals surface area contributed by atoms with E-state index in [1.807, 2.05) is 6.07 Å². The molecule has 1 rings (SSSR count). The van der Waals surface area contributed by atoms with Crippen molar-refractivity contribution in [3.05, 3.63) is 34.3 Å². The fourth-order valence-electron chi connectivity index (χ4n) is 1.59. The van der Waals surface area contributed by atoms with Gasteiger partial charge in [0.25, 0.3) is 0 Å². The molecule has 1 unspecified atom stereocenters. The molecule has 0 fully saturated rings. The Kier molecular flexibility index (Phi) is 6.04. The van der Waals surface area contributed by atoms with Crippen LogP contribution in [0, 0.1) is 11.3 Å².